The molecular formula is C22H22F3NO3S. The zero-order valence-electron chi connectivity index (χ0n) is 16.9. The molecule has 0 radical (unpaired) electrons. The van der Waals surface area contributed by atoms with Crippen molar-refractivity contribution in [1.29, 1.82) is 5.26 Å². The molecule has 0 saturated carbocycles. The van der Waals surface area contributed by atoms with Crippen molar-refractivity contribution >= 4 is 15.9 Å². The number of phenolic OH excluding ortho intramolecular Hbond substituents is 1. The third-order valence-electron chi connectivity index (χ3n) is 4.62. The van der Waals surface area contributed by atoms with Crippen LogP contribution in [0.4, 0.5) is 13.2 Å². The second kappa shape index (κ2) is 8.52. The van der Waals surface area contributed by atoms with Crippen LogP contribution in [0.5, 0.6) is 5.75 Å². The van der Waals surface area contributed by atoms with Crippen LogP contribution in [0, 0.1) is 11.3 Å². The minimum atomic E-state index is -4.59. The Kier molecular flexibility index (Phi) is 6.67. The Balaban J connectivity index is 2.60. The minimum Gasteiger partial charge on any atom is -0.507 e. The fourth-order valence-electron chi connectivity index (χ4n) is 2.94. The Morgan fingerprint density at radius 3 is 1.87 bits per heavy atom. The van der Waals surface area contributed by atoms with Crippen molar-refractivity contribution in [3.05, 3.63) is 63.6 Å². The predicted molar refractivity (Wildman–Crippen MR) is 109 cm³/mol. The normalized spacial score (nSPS) is 13.0. The average Bonchev–Trinajstić information content (AvgIpc) is 2.65. The summed E-state index contributed by atoms with van der Waals surface area (Å²) in [7, 11) is -4.32. The summed E-state index contributed by atoms with van der Waals surface area (Å²) >= 11 is 0. The summed E-state index contributed by atoms with van der Waals surface area (Å²) in [4.78, 5) is -1.01. The number of benzene rings is 2. The predicted octanol–water partition coefficient (Wildman–Crippen LogP) is 6.00. The molecule has 0 amide bonds. The van der Waals surface area contributed by atoms with Crippen LogP contribution < -0.4 is 0 Å². The fraction of sp³-hybridized carbons (Fsp3) is 0.318. The van der Waals surface area contributed by atoms with Gasteiger partial charge in [-0.2, -0.15) is 18.4 Å². The van der Waals surface area contributed by atoms with E-state index in [0.717, 1.165) is 12.1 Å². The maximum Gasteiger partial charge on any atom is 0.416 e. The van der Waals surface area contributed by atoms with E-state index in [1.54, 1.807) is 18.2 Å². The summed E-state index contributed by atoms with van der Waals surface area (Å²) in [6.07, 6.45) is -3.42. The SMILES string of the molecule is CC(C)c1cc(/C=C(/C#N)S(=O)(=O)c2ccc(C(F)(F)F)cc2)cc(C(C)C)c1O. The molecule has 1 N–H and O–H groups in total. The summed E-state index contributed by atoms with van der Waals surface area (Å²) in [5.41, 5.74) is 0.645. The lowest BCUT2D eigenvalue weighted by Gasteiger charge is -2.16. The Labute approximate surface area is 174 Å². The molecule has 0 fully saturated rings. The molecule has 0 unspecified atom stereocenters. The highest BCUT2D eigenvalue weighted by atomic mass is 32.2. The van der Waals surface area contributed by atoms with E-state index in [1.165, 1.54) is 6.08 Å². The number of halogens is 3. The number of aromatic hydroxyl groups is 1. The Hall–Kier alpha value is -2.79. The van der Waals surface area contributed by atoms with Gasteiger partial charge in [-0.1, -0.05) is 27.7 Å². The second-order valence-electron chi connectivity index (χ2n) is 7.50. The first-order chi connectivity index (χ1) is 13.8. The van der Waals surface area contributed by atoms with Crippen molar-refractivity contribution in [2.24, 2.45) is 0 Å². The van der Waals surface area contributed by atoms with E-state index in [2.05, 4.69) is 0 Å². The van der Waals surface area contributed by atoms with Crippen LogP contribution >= 0.6 is 0 Å². The number of hydrogen-bond acceptors (Lipinski definition) is 4. The van der Waals surface area contributed by atoms with Gasteiger partial charge in [-0.25, -0.2) is 8.42 Å². The number of alkyl halides is 3. The quantitative estimate of drug-likeness (QED) is 0.582. The summed E-state index contributed by atoms with van der Waals surface area (Å²) in [6, 6.07) is 7.83. The van der Waals surface area contributed by atoms with Crippen molar-refractivity contribution in [3.8, 4) is 11.8 Å². The van der Waals surface area contributed by atoms with Crippen molar-refractivity contribution in [2.75, 3.05) is 0 Å². The molecule has 0 bridgehead atoms. The molecule has 2 aromatic carbocycles. The van der Waals surface area contributed by atoms with Gasteiger partial charge in [-0.15, -0.1) is 0 Å². The number of nitrogens with zero attached hydrogens (tertiary/aromatic N) is 1. The van der Waals surface area contributed by atoms with Crippen molar-refractivity contribution < 1.29 is 26.7 Å². The van der Waals surface area contributed by atoms with Crippen LogP contribution in [0.15, 0.2) is 46.2 Å². The van der Waals surface area contributed by atoms with Crippen molar-refractivity contribution in [3.63, 3.8) is 0 Å². The minimum absolute atomic E-state index is 0.0482. The van der Waals surface area contributed by atoms with E-state index in [-0.39, 0.29) is 17.6 Å². The molecule has 0 atom stereocenters. The lowest BCUT2D eigenvalue weighted by molar-refractivity contribution is -0.137. The highest BCUT2D eigenvalue weighted by Gasteiger charge is 2.31. The monoisotopic (exact) mass is 437 g/mol. The summed E-state index contributed by atoms with van der Waals surface area (Å²) in [6.45, 7) is 7.49. The van der Waals surface area contributed by atoms with Crippen LogP contribution in [0.2, 0.25) is 0 Å². The van der Waals surface area contributed by atoms with Crippen LogP contribution in [0.1, 0.15) is 61.8 Å². The molecule has 0 heterocycles. The number of rotatable bonds is 5. The van der Waals surface area contributed by atoms with E-state index >= 15 is 0 Å². The van der Waals surface area contributed by atoms with Gasteiger partial charge in [0.05, 0.1) is 10.5 Å². The van der Waals surface area contributed by atoms with Crippen molar-refractivity contribution in [2.45, 2.75) is 50.6 Å². The third kappa shape index (κ3) is 4.85. The number of allylic oxidation sites excluding steroid dienone is 1. The molecule has 0 aliphatic carbocycles. The molecule has 0 aromatic heterocycles. The van der Waals surface area contributed by atoms with Crippen LogP contribution in [-0.2, 0) is 16.0 Å². The van der Waals surface area contributed by atoms with E-state index in [9.17, 15) is 32.0 Å². The molecule has 2 rings (SSSR count). The highest BCUT2D eigenvalue weighted by Crippen LogP contribution is 2.36. The highest BCUT2D eigenvalue weighted by molar-refractivity contribution is 7.95. The van der Waals surface area contributed by atoms with Gasteiger partial charge in [0, 0.05) is 0 Å². The zero-order valence-corrected chi connectivity index (χ0v) is 17.8. The van der Waals surface area contributed by atoms with Crippen LogP contribution in [-0.4, -0.2) is 13.5 Å². The molecule has 8 heteroatoms. The number of phenols is 1. The van der Waals surface area contributed by atoms with Crippen LogP contribution in [0.25, 0.3) is 6.08 Å². The first kappa shape index (κ1) is 23.5. The van der Waals surface area contributed by atoms with Gasteiger partial charge in [0.1, 0.15) is 16.7 Å². The van der Waals surface area contributed by atoms with Gasteiger partial charge < -0.3 is 5.11 Å². The average molecular weight is 437 g/mol. The molecule has 4 nitrogen and oxygen atoms in total. The lowest BCUT2D eigenvalue weighted by Crippen LogP contribution is -2.07. The topological polar surface area (TPSA) is 78.2 Å². The Morgan fingerprint density at radius 1 is 1.03 bits per heavy atom. The smallest absolute Gasteiger partial charge is 0.416 e. The second-order valence-corrected chi connectivity index (χ2v) is 9.42. The van der Waals surface area contributed by atoms with Crippen molar-refractivity contribution in [1.82, 2.24) is 0 Å². The third-order valence-corrected chi connectivity index (χ3v) is 6.31. The molecule has 0 aliphatic heterocycles. The Morgan fingerprint density at radius 2 is 1.50 bits per heavy atom. The van der Waals surface area contributed by atoms with E-state index in [4.69, 9.17) is 0 Å². The summed E-state index contributed by atoms with van der Waals surface area (Å²) in [5.74, 6) is 0.0297. The molecule has 160 valence electrons. The van der Waals surface area contributed by atoms with E-state index in [0.29, 0.717) is 28.8 Å². The van der Waals surface area contributed by atoms with Gasteiger partial charge in [-0.05, 0) is 71.0 Å². The maximum absolute atomic E-state index is 12.8. The number of hydrogen-bond donors (Lipinski definition) is 1. The zero-order chi connectivity index (χ0) is 22.9. The van der Waals surface area contributed by atoms with E-state index in [1.807, 2.05) is 27.7 Å². The Bertz CT molecular complexity index is 1080. The molecular weight excluding hydrogens is 415 g/mol. The van der Waals surface area contributed by atoms with Gasteiger partial charge >= 0.3 is 6.18 Å². The molecule has 0 aliphatic rings. The van der Waals surface area contributed by atoms with Crippen LogP contribution in [0.3, 0.4) is 0 Å². The largest absolute Gasteiger partial charge is 0.507 e. The molecule has 0 spiro atoms. The van der Waals surface area contributed by atoms with E-state index < -0.39 is 31.4 Å². The standard InChI is InChI=1S/C22H22F3NO3S/c1-13(2)19-10-15(11-20(14(3)4)21(19)27)9-18(12-26)30(28,29)17-7-5-16(6-8-17)22(23,24)25/h5-11,13-14,27H,1-4H3/b18-9-. The maximum atomic E-state index is 12.8. The van der Waals surface area contributed by atoms with Gasteiger partial charge in [0.25, 0.3) is 0 Å². The summed E-state index contributed by atoms with van der Waals surface area (Å²) in [5, 5.41) is 19.9. The van der Waals surface area contributed by atoms with Gasteiger partial charge in [-0.3, -0.25) is 0 Å². The lowest BCUT2D eigenvalue weighted by atomic mass is 9.91. The number of nitriles is 1. The fourth-order valence-corrected chi connectivity index (χ4v) is 4.10. The summed E-state index contributed by atoms with van der Waals surface area (Å²) < 4.78 is 63.8. The molecule has 2 aromatic rings. The van der Waals surface area contributed by atoms with Gasteiger partial charge in [0.15, 0.2) is 0 Å². The molecule has 30 heavy (non-hydrogen) atoms. The first-order valence-electron chi connectivity index (χ1n) is 9.20. The number of sulfone groups is 1. The first-order valence-corrected chi connectivity index (χ1v) is 10.7. The molecule has 0 saturated heterocycles. The van der Waals surface area contributed by atoms with Gasteiger partial charge in [0.2, 0.25) is 9.84 Å².